The fourth-order valence-corrected chi connectivity index (χ4v) is 2.31. The summed E-state index contributed by atoms with van der Waals surface area (Å²) in [5.41, 5.74) is 2.15. The molecule has 0 spiro atoms. The molecule has 0 saturated carbocycles. The molecule has 3 aromatic rings. The predicted molar refractivity (Wildman–Crippen MR) is 114 cm³/mol. The first kappa shape index (κ1) is 20.6. The lowest BCUT2D eigenvalue weighted by atomic mass is 10.2. The molecule has 0 heterocycles. The van der Waals surface area contributed by atoms with Crippen molar-refractivity contribution in [2.45, 2.75) is 16.4 Å². The minimum atomic E-state index is 0.326. The first-order chi connectivity index (χ1) is 11.7. The van der Waals surface area contributed by atoms with Crippen molar-refractivity contribution in [2.75, 3.05) is 0 Å². The number of phenols is 1. The molecule has 0 atom stereocenters. The molecular formula is C20H22OS3. The van der Waals surface area contributed by atoms with E-state index in [1.54, 1.807) is 12.1 Å². The van der Waals surface area contributed by atoms with Gasteiger partial charge in [-0.05, 0) is 23.8 Å². The number of hydrogen-bond donors (Lipinski definition) is 4. The predicted octanol–water partition coefficient (Wildman–Crippen LogP) is 5.91. The Morgan fingerprint density at radius 2 is 1.12 bits per heavy atom. The van der Waals surface area contributed by atoms with Gasteiger partial charge in [0.2, 0.25) is 0 Å². The van der Waals surface area contributed by atoms with Gasteiger partial charge in [-0.15, -0.1) is 12.6 Å². The second-order valence-corrected chi connectivity index (χ2v) is 5.91. The van der Waals surface area contributed by atoms with E-state index in [2.05, 4.69) is 50.0 Å². The lowest BCUT2D eigenvalue weighted by molar-refractivity contribution is 0.470. The molecule has 0 unspecified atom stereocenters. The Hall–Kier alpha value is -1.49. The van der Waals surface area contributed by atoms with Crippen molar-refractivity contribution in [3.63, 3.8) is 0 Å². The molecule has 3 aromatic carbocycles. The van der Waals surface area contributed by atoms with Gasteiger partial charge in [-0.2, -0.15) is 25.3 Å². The number of rotatable bonds is 2. The van der Waals surface area contributed by atoms with Gasteiger partial charge in [-0.3, -0.25) is 0 Å². The van der Waals surface area contributed by atoms with E-state index in [0.29, 0.717) is 11.5 Å². The van der Waals surface area contributed by atoms with Gasteiger partial charge in [-0.25, -0.2) is 0 Å². The third kappa shape index (κ3) is 8.96. The largest absolute Gasteiger partial charge is 0.508 e. The van der Waals surface area contributed by atoms with Gasteiger partial charge in [0.1, 0.15) is 5.75 Å². The molecular weight excluding hydrogens is 352 g/mol. The standard InChI is InChI=1S/C7H8OS.C7H8S.C6H6S/c8-7-4-2-1-3-6(7)5-9;8-6-7-4-2-1-3-5-7;7-6-4-2-1-3-5-6/h1-4,8-9H,5H2;1-5,8H,6H2;1-5,7H. The molecule has 0 radical (unpaired) electrons. The third-order valence-corrected chi connectivity index (χ3v) is 3.95. The minimum Gasteiger partial charge on any atom is -0.508 e. The first-order valence-corrected chi connectivity index (χ1v) is 9.15. The van der Waals surface area contributed by atoms with Crippen molar-refractivity contribution in [2.24, 2.45) is 0 Å². The monoisotopic (exact) mass is 374 g/mol. The molecule has 126 valence electrons. The van der Waals surface area contributed by atoms with Gasteiger partial charge in [0.25, 0.3) is 0 Å². The maximum Gasteiger partial charge on any atom is 0.119 e. The highest BCUT2D eigenvalue weighted by Gasteiger charge is 1.93. The highest BCUT2D eigenvalue weighted by atomic mass is 32.1. The van der Waals surface area contributed by atoms with Crippen molar-refractivity contribution < 1.29 is 5.11 Å². The summed E-state index contributed by atoms with van der Waals surface area (Å²) in [7, 11) is 0. The molecule has 4 heteroatoms. The van der Waals surface area contributed by atoms with Crippen LogP contribution in [0.5, 0.6) is 5.75 Å². The summed E-state index contributed by atoms with van der Waals surface area (Å²) in [5, 5.41) is 9.06. The van der Waals surface area contributed by atoms with Crippen LogP contribution in [0, 0.1) is 0 Å². The summed E-state index contributed by atoms with van der Waals surface area (Å²) >= 11 is 12.2. The second-order valence-electron chi connectivity index (χ2n) is 4.77. The lowest BCUT2D eigenvalue weighted by Gasteiger charge is -1.96. The van der Waals surface area contributed by atoms with E-state index in [1.165, 1.54) is 5.56 Å². The molecule has 0 aliphatic rings. The fraction of sp³-hybridized carbons (Fsp3) is 0.100. The van der Waals surface area contributed by atoms with Crippen molar-refractivity contribution in [3.8, 4) is 5.75 Å². The Morgan fingerprint density at radius 3 is 1.46 bits per heavy atom. The van der Waals surface area contributed by atoms with Crippen LogP contribution in [-0.2, 0) is 11.5 Å². The van der Waals surface area contributed by atoms with Gasteiger partial charge in [0.05, 0.1) is 0 Å². The smallest absolute Gasteiger partial charge is 0.119 e. The molecule has 0 aliphatic carbocycles. The fourth-order valence-electron chi connectivity index (χ4n) is 1.66. The minimum absolute atomic E-state index is 0.326. The number of benzene rings is 3. The van der Waals surface area contributed by atoms with Crippen LogP contribution in [0.1, 0.15) is 11.1 Å². The van der Waals surface area contributed by atoms with Crippen LogP contribution in [0.4, 0.5) is 0 Å². The van der Waals surface area contributed by atoms with Crippen LogP contribution in [0.25, 0.3) is 0 Å². The van der Waals surface area contributed by atoms with Crippen molar-refractivity contribution in [3.05, 3.63) is 96.1 Å². The molecule has 0 aliphatic heterocycles. The summed E-state index contributed by atoms with van der Waals surface area (Å²) in [4.78, 5) is 1.02. The highest BCUT2D eigenvalue weighted by Crippen LogP contribution is 2.16. The van der Waals surface area contributed by atoms with Crippen molar-refractivity contribution in [1.82, 2.24) is 0 Å². The number of phenolic OH excluding ortho intramolecular Hbond substituents is 1. The molecule has 3 rings (SSSR count). The van der Waals surface area contributed by atoms with E-state index in [-0.39, 0.29) is 0 Å². The Balaban J connectivity index is 0.000000181. The molecule has 24 heavy (non-hydrogen) atoms. The van der Waals surface area contributed by atoms with Gasteiger partial charge >= 0.3 is 0 Å². The van der Waals surface area contributed by atoms with Crippen molar-refractivity contribution >= 4 is 37.9 Å². The molecule has 1 nitrogen and oxygen atoms in total. The summed E-state index contributed by atoms with van der Waals surface area (Å²) in [6.07, 6.45) is 0. The second kappa shape index (κ2) is 12.9. The number of hydrogen-bond acceptors (Lipinski definition) is 4. The summed E-state index contributed by atoms with van der Waals surface area (Å²) in [6, 6.07) is 27.1. The average Bonchev–Trinajstić information content (AvgIpc) is 2.64. The average molecular weight is 375 g/mol. The molecule has 0 saturated heterocycles. The maximum atomic E-state index is 9.06. The number of aromatic hydroxyl groups is 1. The van der Waals surface area contributed by atoms with Gasteiger partial charge < -0.3 is 5.11 Å². The van der Waals surface area contributed by atoms with Crippen LogP contribution >= 0.6 is 37.9 Å². The van der Waals surface area contributed by atoms with Crippen LogP contribution in [0.15, 0.2) is 89.8 Å². The normalized spacial score (nSPS) is 9.12. The zero-order valence-corrected chi connectivity index (χ0v) is 16.0. The Kier molecular flexibility index (Phi) is 11.0. The summed E-state index contributed by atoms with van der Waals surface area (Å²) in [5.74, 6) is 1.75. The zero-order chi connectivity index (χ0) is 17.6. The Labute approximate surface area is 161 Å². The van der Waals surface area contributed by atoms with Crippen LogP contribution < -0.4 is 0 Å². The third-order valence-electron chi connectivity index (χ3n) is 2.94. The van der Waals surface area contributed by atoms with E-state index in [1.807, 2.05) is 60.7 Å². The van der Waals surface area contributed by atoms with E-state index >= 15 is 0 Å². The Morgan fingerprint density at radius 1 is 0.625 bits per heavy atom. The number of para-hydroxylation sites is 1. The van der Waals surface area contributed by atoms with E-state index in [0.717, 1.165) is 16.2 Å². The van der Waals surface area contributed by atoms with Crippen LogP contribution in [0.3, 0.4) is 0 Å². The zero-order valence-electron chi connectivity index (χ0n) is 13.3. The van der Waals surface area contributed by atoms with Gasteiger partial charge in [0.15, 0.2) is 0 Å². The lowest BCUT2D eigenvalue weighted by Crippen LogP contribution is -1.75. The molecule has 1 N–H and O–H groups in total. The maximum absolute atomic E-state index is 9.06. The van der Waals surface area contributed by atoms with Gasteiger partial charge in [0, 0.05) is 22.0 Å². The topological polar surface area (TPSA) is 20.2 Å². The van der Waals surface area contributed by atoms with E-state index in [4.69, 9.17) is 5.11 Å². The molecule has 0 fully saturated rings. The molecule has 0 bridgehead atoms. The SMILES string of the molecule is Oc1ccccc1CS.SCc1ccccc1.Sc1ccccc1. The molecule has 0 aromatic heterocycles. The highest BCUT2D eigenvalue weighted by molar-refractivity contribution is 7.80. The molecule has 0 amide bonds. The van der Waals surface area contributed by atoms with Crippen molar-refractivity contribution in [1.29, 1.82) is 0 Å². The number of thiol groups is 3. The van der Waals surface area contributed by atoms with E-state index < -0.39 is 0 Å². The van der Waals surface area contributed by atoms with Crippen LogP contribution in [-0.4, -0.2) is 5.11 Å². The quantitative estimate of drug-likeness (QED) is 0.411. The first-order valence-electron chi connectivity index (χ1n) is 7.44. The van der Waals surface area contributed by atoms with Gasteiger partial charge in [-0.1, -0.05) is 66.7 Å². The summed E-state index contributed by atoms with van der Waals surface area (Å²) < 4.78 is 0. The van der Waals surface area contributed by atoms with Crippen LogP contribution in [0.2, 0.25) is 0 Å². The summed E-state index contributed by atoms with van der Waals surface area (Å²) in [6.45, 7) is 0. The Bertz CT molecular complexity index is 673. The van der Waals surface area contributed by atoms with E-state index in [9.17, 15) is 0 Å².